The van der Waals surface area contributed by atoms with Crippen molar-refractivity contribution in [2.75, 3.05) is 6.54 Å². The van der Waals surface area contributed by atoms with Crippen LogP contribution >= 0.6 is 0 Å². The Kier molecular flexibility index (Phi) is 5.51. The molecule has 0 radical (unpaired) electrons. The van der Waals surface area contributed by atoms with E-state index in [1.165, 1.54) is 37.8 Å². The van der Waals surface area contributed by atoms with Gasteiger partial charge in [-0.25, -0.2) is 4.98 Å². The lowest BCUT2D eigenvalue weighted by molar-refractivity contribution is 0.0404. The number of hydrogen-bond donors (Lipinski definition) is 0. The second-order valence-electron chi connectivity index (χ2n) is 12.3. The van der Waals surface area contributed by atoms with Crippen LogP contribution in [-0.4, -0.2) is 27.9 Å². The fourth-order valence-corrected chi connectivity index (χ4v) is 5.38. The number of piperidine rings is 1. The van der Waals surface area contributed by atoms with E-state index in [1.54, 1.807) is 0 Å². The molecule has 170 valence electrons. The predicted octanol–water partition coefficient (Wildman–Crippen LogP) is 7.21. The summed E-state index contributed by atoms with van der Waals surface area (Å²) in [5.74, 6) is 0.932. The van der Waals surface area contributed by atoms with E-state index in [9.17, 15) is 4.79 Å². The van der Waals surface area contributed by atoms with Gasteiger partial charge >= 0.3 is 0 Å². The molecule has 1 aliphatic heterocycles. The average molecular weight is 425 g/mol. The molecule has 2 fully saturated rings. The van der Waals surface area contributed by atoms with Gasteiger partial charge in [-0.05, 0) is 75.7 Å². The first-order valence-corrected chi connectivity index (χ1v) is 12.1. The maximum atomic E-state index is 13.4. The highest BCUT2D eigenvalue weighted by molar-refractivity contribution is 5.96. The fourth-order valence-electron chi connectivity index (χ4n) is 5.38. The van der Waals surface area contributed by atoms with Gasteiger partial charge in [0.15, 0.2) is 11.3 Å². The zero-order valence-corrected chi connectivity index (χ0v) is 20.6. The van der Waals surface area contributed by atoms with Crippen LogP contribution < -0.4 is 0 Å². The SMILES string of the molecule is CC1(C)CCC(c2cc(C(C)(C)C)c3oc(C(=O)N4CCCCC4(C)C)cc3n2)CC1. The van der Waals surface area contributed by atoms with Crippen LogP contribution in [0.15, 0.2) is 16.5 Å². The number of nitrogens with zero attached hydrogens (tertiary/aromatic N) is 2. The quantitative estimate of drug-likeness (QED) is 0.511. The molecule has 0 N–H and O–H groups in total. The van der Waals surface area contributed by atoms with E-state index in [0.29, 0.717) is 17.1 Å². The molecule has 1 aliphatic carbocycles. The van der Waals surface area contributed by atoms with Crippen LogP contribution in [-0.2, 0) is 5.41 Å². The summed E-state index contributed by atoms with van der Waals surface area (Å²) in [7, 11) is 0. The van der Waals surface area contributed by atoms with Crippen LogP contribution in [0.5, 0.6) is 0 Å². The molecule has 3 heterocycles. The zero-order chi connectivity index (χ0) is 22.6. The van der Waals surface area contributed by atoms with E-state index >= 15 is 0 Å². The van der Waals surface area contributed by atoms with Gasteiger partial charge in [-0.3, -0.25) is 4.79 Å². The van der Waals surface area contributed by atoms with E-state index in [2.05, 4.69) is 54.5 Å². The van der Waals surface area contributed by atoms with E-state index in [-0.39, 0.29) is 16.9 Å². The standard InChI is InChI=1S/C27H40N2O2/c1-25(2,3)19-16-20(18-10-13-26(4,5)14-11-18)28-21-17-22(31-23(19)21)24(30)29-15-9-8-12-27(29,6)7/h16-18H,8-15H2,1-7H3. The molecule has 1 saturated heterocycles. The molecule has 0 unspecified atom stereocenters. The molecule has 31 heavy (non-hydrogen) atoms. The molecule has 0 aromatic carbocycles. The van der Waals surface area contributed by atoms with Crippen LogP contribution in [0.1, 0.15) is 121 Å². The number of fused-ring (bicyclic) bond motifs is 1. The van der Waals surface area contributed by atoms with E-state index in [1.807, 2.05) is 11.0 Å². The first-order valence-electron chi connectivity index (χ1n) is 12.1. The van der Waals surface area contributed by atoms with Crippen molar-refractivity contribution in [3.05, 3.63) is 29.2 Å². The molecule has 0 atom stereocenters. The number of hydrogen-bond acceptors (Lipinski definition) is 3. The lowest BCUT2D eigenvalue weighted by Gasteiger charge is -2.42. The van der Waals surface area contributed by atoms with Crippen molar-refractivity contribution in [1.29, 1.82) is 0 Å². The third kappa shape index (κ3) is 4.40. The van der Waals surface area contributed by atoms with E-state index < -0.39 is 0 Å². The number of amides is 1. The van der Waals surface area contributed by atoms with Crippen molar-refractivity contribution >= 4 is 17.0 Å². The Morgan fingerprint density at radius 2 is 1.74 bits per heavy atom. The van der Waals surface area contributed by atoms with Crippen LogP contribution in [0.25, 0.3) is 11.1 Å². The summed E-state index contributed by atoms with van der Waals surface area (Å²) in [5.41, 5.74) is 4.18. The molecular formula is C27H40N2O2. The summed E-state index contributed by atoms with van der Waals surface area (Å²) in [4.78, 5) is 20.4. The normalized spacial score (nSPS) is 22.1. The van der Waals surface area contributed by atoms with E-state index in [4.69, 9.17) is 9.40 Å². The predicted molar refractivity (Wildman–Crippen MR) is 127 cm³/mol. The van der Waals surface area contributed by atoms with Crippen LogP contribution in [0.4, 0.5) is 0 Å². The van der Waals surface area contributed by atoms with Crippen molar-refractivity contribution in [2.24, 2.45) is 5.41 Å². The van der Waals surface area contributed by atoms with Crippen molar-refractivity contribution < 1.29 is 9.21 Å². The van der Waals surface area contributed by atoms with Gasteiger partial charge in [0, 0.05) is 35.3 Å². The Morgan fingerprint density at radius 3 is 2.35 bits per heavy atom. The Bertz CT molecular complexity index is 967. The van der Waals surface area contributed by atoms with Gasteiger partial charge < -0.3 is 9.32 Å². The first kappa shape index (κ1) is 22.4. The number of pyridine rings is 1. The van der Waals surface area contributed by atoms with Crippen LogP contribution in [0, 0.1) is 5.41 Å². The van der Waals surface area contributed by atoms with Crippen LogP contribution in [0.3, 0.4) is 0 Å². The van der Waals surface area contributed by atoms with Gasteiger partial charge in [0.2, 0.25) is 0 Å². The van der Waals surface area contributed by atoms with Crippen molar-refractivity contribution in [1.82, 2.24) is 9.88 Å². The second kappa shape index (κ2) is 7.64. The fraction of sp³-hybridized carbons (Fsp3) is 0.704. The zero-order valence-electron chi connectivity index (χ0n) is 20.6. The van der Waals surface area contributed by atoms with Crippen LogP contribution in [0.2, 0.25) is 0 Å². The molecule has 1 saturated carbocycles. The summed E-state index contributed by atoms with van der Waals surface area (Å²) >= 11 is 0. The topological polar surface area (TPSA) is 46.3 Å². The first-order chi connectivity index (χ1) is 14.4. The summed E-state index contributed by atoms with van der Waals surface area (Å²) in [6.45, 7) is 16.5. The second-order valence-corrected chi connectivity index (χ2v) is 12.3. The summed E-state index contributed by atoms with van der Waals surface area (Å²) in [5, 5.41) is 0. The Balaban J connectivity index is 1.73. The Labute approximate surface area is 187 Å². The van der Waals surface area contributed by atoms with E-state index in [0.717, 1.165) is 36.0 Å². The van der Waals surface area contributed by atoms with Crippen molar-refractivity contribution in [3.8, 4) is 0 Å². The molecular weight excluding hydrogens is 384 g/mol. The van der Waals surface area contributed by atoms with Crippen molar-refractivity contribution in [2.45, 2.75) is 110 Å². The Morgan fingerprint density at radius 1 is 1.06 bits per heavy atom. The highest BCUT2D eigenvalue weighted by Crippen LogP contribution is 2.43. The molecule has 1 amide bonds. The number of furan rings is 1. The third-order valence-electron chi connectivity index (χ3n) is 7.67. The minimum absolute atomic E-state index is 0.00326. The molecule has 0 spiro atoms. The maximum absolute atomic E-state index is 13.4. The lowest BCUT2D eigenvalue weighted by atomic mass is 9.72. The number of carbonyl (C=O) groups is 1. The average Bonchev–Trinajstić information content (AvgIpc) is 3.09. The number of carbonyl (C=O) groups excluding carboxylic acids is 1. The van der Waals surface area contributed by atoms with Gasteiger partial charge in [0.25, 0.3) is 5.91 Å². The smallest absolute Gasteiger partial charge is 0.290 e. The van der Waals surface area contributed by atoms with Gasteiger partial charge in [-0.1, -0.05) is 34.6 Å². The number of aromatic nitrogens is 1. The highest BCUT2D eigenvalue weighted by atomic mass is 16.3. The highest BCUT2D eigenvalue weighted by Gasteiger charge is 2.36. The summed E-state index contributed by atoms with van der Waals surface area (Å²) in [6.07, 6.45) is 8.11. The molecule has 0 bridgehead atoms. The number of likely N-dealkylation sites (tertiary alicyclic amines) is 1. The van der Waals surface area contributed by atoms with Gasteiger partial charge in [0.05, 0.1) is 0 Å². The van der Waals surface area contributed by atoms with Crippen molar-refractivity contribution in [3.63, 3.8) is 0 Å². The lowest BCUT2D eigenvalue weighted by Crippen LogP contribution is -2.50. The Hall–Kier alpha value is -1.84. The monoisotopic (exact) mass is 424 g/mol. The molecule has 2 aliphatic rings. The van der Waals surface area contributed by atoms with Gasteiger partial charge in [-0.2, -0.15) is 0 Å². The third-order valence-corrected chi connectivity index (χ3v) is 7.67. The summed E-state index contributed by atoms with van der Waals surface area (Å²) < 4.78 is 6.26. The molecule has 2 aromatic heterocycles. The van der Waals surface area contributed by atoms with Gasteiger partial charge in [0.1, 0.15) is 5.52 Å². The maximum Gasteiger partial charge on any atom is 0.290 e. The minimum atomic E-state index is -0.130. The van der Waals surface area contributed by atoms with Gasteiger partial charge in [-0.15, -0.1) is 0 Å². The molecule has 4 heteroatoms. The molecule has 2 aromatic rings. The molecule has 4 rings (SSSR count). The number of rotatable bonds is 2. The summed E-state index contributed by atoms with van der Waals surface area (Å²) in [6, 6.07) is 4.15. The largest absolute Gasteiger partial charge is 0.449 e. The minimum Gasteiger partial charge on any atom is -0.449 e. The molecule has 4 nitrogen and oxygen atoms in total.